The van der Waals surface area contributed by atoms with Gasteiger partial charge < -0.3 is 19.3 Å². The van der Waals surface area contributed by atoms with Crippen molar-refractivity contribution in [2.45, 2.75) is 18.8 Å². The molecule has 0 bridgehead atoms. The van der Waals surface area contributed by atoms with Gasteiger partial charge in [-0.3, -0.25) is 14.3 Å². The van der Waals surface area contributed by atoms with Crippen molar-refractivity contribution in [1.29, 1.82) is 0 Å². The predicted octanol–water partition coefficient (Wildman–Crippen LogP) is 2.38. The number of rotatable bonds is 7. The maximum atomic E-state index is 13.1. The summed E-state index contributed by atoms with van der Waals surface area (Å²) in [4.78, 5) is 30.4. The Kier molecular flexibility index (Phi) is 5.66. The second-order valence-electron chi connectivity index (χ2n) is 8.33. The largest absolute Gasteiger partial charge is 0.489 e. The molecular formula is C24H26N6O4. The Morgan fingerprint density at radius 3 is 2.41 bits per heavy atom. The molecule has 0 radical (unpaired) electrons. The van der Waals surface area contributed by atoms with E-state index in [1.165, 1.54) is 7.05 Å². The SMILES string of the molecule is COCCN1c2nnc(-c3ccc(OCc4ccccc4)cc3)n2C2C1C(=O)N(C)C(=O)N2C. The maximum absolute atomic E-state index is 13.1. The van der Waals surface area contributed by atoms with E-state index in [0.29, 0.717) is 31.5 Å². The number of ether oxygens (including phenoxy) is 2. The number of benzene rings is 2. The summed E-state index contributed by atoms with van der Waals surface area (Å²) >= 11 is 0. The highest BCUT2D eigenvalue weighted by molar-refractivity contribution is 6.02. The van der Waals surface area contributed by atoms with Crippen molar-refractivity contribution in [1.82, 2.24) is 24.6 Å². The normalized spacial score (nSPS) is 19.4. The van der Waals surface area contributed by atoms with E-state index in [9.17, 15) is 9.59 Å². The molecule has 0 N–H and O–H groups in total. The number of hydrogen-bond donors (Lipinski definition) is 0. The van der Waals surface area contributed by atoms with Gasteiger partial charge in [0.15, 0.2) is 11.9 Å². The highest BCUT2D eigenvalue weighted by Gasteiger charge is 2.54. The van der Waals surface area contributed by atoms with Crippen LogP contribution in [-0.2, 0) is 16.1 Å². The Hall–Kier alpha value is -3.92. The average molecular weight is 463 g/mol. The molecule has 10 nitrogen and oxygen atoms in total. The summed E-state index contributed by atoms with van der Waals surface area (Å²) in [5.74, 6) is 1.58. The summed E-state index contributed by atoms with van der Waals surface area (Å²) in [7, 11) is 4.80. The summed E-state index contributed by atoms with van der Waals surface area (Å²) in [5.41, 5.74) is 1.90. The predicted molar refractivity (Wildman–Crippen MR) is 124 cm³/mol. The Labute approximate surface area is 197 Å². The van der Waals surface area contributed by atoms with Crippen LogP contribution in [0.5, 0.6) is 5.75 Å². The molecule has 2 aliphatic heterocycles. The second kappa shape index (κ2) is 8.79. The Balaban J connectivity index is 1.45. The van der Waals surface area contributed by atoms with Crippen LogP contribution in [0.1, 0.15) is 11.7 Å². The van der Waals surface area contributed by atoms with Gasteiger partial charge in [-0.05, 0) is 29.8 Å². The minimum absolute atomic E-state index is 0.273. The molecule has 0 saturated carbocycles. The number of hydrogen-bond acceptors (Lipinski definition) is 7. The van der Waals surface area contributed by atoms with Gasteiger partial charge in [0.25, 0.3) is 5.91 Å². The van der Waals surface area contributed by atoms with E-state index >= 15 is 0 Å². The number of nitrogens with zero attached hydrogens (tertiary/aromatic N) is 6. The maximum Gasteiger partial charge on any atom is 0.327 e. The lowest BCUT2D eigenvalue weighted by atomic mass is 10.1. The number of fused-ring (bicyclic) bond motifs is 3. The van der Waals surface area contributed by atoms with E-state index in [2.05, 4.69) is 10.2 Å². The minimum Gasteiger partial charge on any atom is -0.489 e. The van der Waals surface area contributed by atoms with Crippen LogP contribution in [0.3, 0.4) is 0 Å². The second-order valence-corrected chi connectivity index (χ2v) is 8.33. The number of likely N-dealkylation sites (N-methyl/N-ethyl adjacent to an activating group) is 2. The lowest BCUT2D eigenvalue weighted by Gasteiger charge is -2.40. The van der Waals surface area contributed by atoms with Gasteiger partial charge in [0.05, 0.1) is 6.61 Å². The Bertz CT molecular complexity index is 1200. The summed E-state index contributed by atoms with van der Waals surface area (Å²) in [6, 6.07) is 16.6. The molecule has 2 unspecified atom stereocenters. The number of methoxy groups -OCH3 is 1. The van der Waals surface area contributed by atoms with Gasteiger partial charge in [0, 0.05) is 33.3 Å². The summed E-state index contributed by atoms with van der Waals surface area (Å²) in [6.07, 6.45) is -0.554. The van der Waals surface area contributed by atoms with Crippen LogP contribution in [0.25, 0.3) is 11.4 Å². The monoisotopic (exact) mass is 462 g/mol. The molecule has 176 valence electrons. The lowest BCUT2D eigenvalue weighted by Crippen LogP contribution is -2.61. The molecule has 3 amide bonds. The van der Waals surface area contributed by atoms with E-state index in [-0.39, 0.29) is 11.9 Å². The molecule has 10 heteroatoms. The van der Waals surface area contributed by atoms with Gasteiger partial charge in [0.1, 0.15) is 18.5 Å². The third kappa shape index (κ3) is 3.56. The highest BCUT2D eigenvalue weighted by atomic mass is 16.5. The Morgan fingerprint density at radius 1 is 0.971 bits per heavy atom. The number of urea groups is 1. The first-order valence-electron chi connectivity index (χ1n) is 11.0. The molecule has 0 spiro atoms. The van der Waals surface area contributed by atoms with Crippen molar-refractivity contribution in [2.24, 2.45) is 0 Å². The first kappa shape index (κ1) is 21.9. The molecule has 2 aliphatic rings. The van der Waals surface area contributed by atoms with Crippen molar-refractivity contribution in [3.8, 4) is 17.1 Å². The number of aromatic nitrogens is 3. The zero-order chi connectivity index (χ0) is 23.8. The van der Waals surface area contributed by atoms with Crippen molar-refractivity contribution in [3.63, 3.8) is 0 Å². The molecule has 1 aromatic heterocycles. The number of amides is 3. The lowest BCUT2D eigenvalue weighted by molar-refractivity contribution is -0.133. The van der Waals surface area contributed by atoms with E-state index in [4.69, 9.17) is 9.47 Å². The van der Waals surface area contributed by atoms with Gasteiger partial charge in [0.2, 0.25) is 5.95 Å². The van der Waals surface area contributed by atoms with Crippen LogP contribution in [0.4, 0.5) is 10.7 Å². The first-order valence-corrected chi connectivity index (χ1v) is 11.0. The molecule has 34 heavy (non-hydrogen) atoms. The standard InChI is InChI=1S/C24H26N6O4/c1-27-21-19(22(31)28(2)24(27)32)29(13-14-33-3)23-26-25-20(30(21)23)17-9-11-18(12-10-17)34-15-16-7-5-4-6-8-16/h4-12,19,21H,13-15H2,1-3H3. The zero-order valence-electron chi connectivity index (χ0n) is 19.3. The van der Waals surface area contributed by atoms with Crippen LogP contribution in [0, 0.1) is 0 Å². The fourth-order valence-corrected chi connectivity index (χ4v) is 4.50. The van der Waals surface area contributed by atoms with Crippen LogP contribution < -0.4 is 9.64 Å². The molecule has 5 rings (SSSR count). The summed E-state index contributed by atoms with van der Waals surface area (Å²) in [6.45, 7) is 1.33. The molecule has 3 heterocycles. The molecule has 0 aliphatic carbocycles. The van der Waals surface area contributed by atoms with Crippen LogP contribution >= 0.6 is 0 Å². The van der Waals surface area contributed by atoms with Crippen LogP contribution in [0.2, 0.25) is 0 Å². The molecule has 1 saturated heterocycles. The minimum atomic E-state index is -0.597. The molecule has 1 fully saturated rings. The Morgan fingerprint density at radius 2 is 1.71 bits per heavy atom. The van der Waals surface area contributed by atoms with Gasteiger partial charge in [-0.2, -0.15) is 0 Å². The van der Waals surface area contributed by atoms with Crippen molar-refractivity contribution in [2.75, 3.05) is 39.3 Å². The fraction of sp³-hybridized carbons (Fsp3) is 0.333. The quantitative estimate of drug-likeness (QED) is 0.532. The van der Waals surface area contributed by atoms with E-state index in [1.807, 2.05) is 64.1 Å². The van der Waals surface area contributed by atoms with Crippen molar-refractivity contribution in [3.05, 3.63) is 60.2 Å². The van der Waals surface area contributed by atoms with E-state index in [0.717, 1.165) is 21.8 Å². The van der Waals surface area contributed by atoms with Gasteiger partial charge in [-0.25, -0.2) is 4.79 Å². The van der Waals surface area contributed by atoms with Gasteiger partial charge in [-0.1, -0.05) is 30.3 Å². The number of anilines is 1. The third-order valence-electron chi connectivity index (χ3n) is 6.28. The van der Waals surface area contributed by atoms with E-state index in [1.54, 1.807) is 19.1 Å². The van der Waals surface area contributed by atoms with Crippen LogP contribution in [0.15, 0.2) is 54.6 Å². The topological polar surface area (TPSA) is 93.0 Å². The summed E-state index contributed by atoms with van der Waals surface area (Å²) < 4.78 is 13.0. The van der Waals surface area contributed by atoms with Gasteiger partial charge in [-0.15, -0.1) is 10.2 Å². The van der Waals surface area contributed by atoms with Gasteiger partial charge >= 0.3 is 6.03 Å². The zero-order valence-corrected chi connectivity index (χ0v) is 19.3. The highest BCUT2D eigenvalue weighted by Crippen LogP contribution is 2.42. The van der Waals surface area contributed by atoms with Crippen molar-refractivity contribution < 1.29 is 19.1 Å². The van der Waals surface area contributed by atoms with E-state index < -0.39 is 12.2 Å². The first-order chi connectivity index (χ1) is 16.5. The number of imide groups is 1. The molecular weight excluding hydrogens is 436 g/mol. The smallest absolute Gasteiger partial charge is 0.327 e. The number of carbonyl (C=O) groups is 2. The third-order valence-corrected chi connectivity index (χ3v) is 6.28. The van der Waals surface area contributed by atoms with Crippen molar-refractivity contribution >= 4 is 17.9 Å². The molecule has 2 aromatic carbocycles. The molecule has 3 aromatic rings. The molecule has 2 atom stereocenters. The average Bonchev–Trinajstić information content (AvgIpc) is 3.43. The summed E-state index contributed by atoms with van der Waals surface area (Å²) in [5, 5.41) is 8.80. The van der Waals surface area contributed by atoms with Crippen LogP contribution in [-0.4, -0.2) is 76.9 Å². The number of carbonyl (C=O) groups excluding carboxylic acids is 2. The fourth-order valence-electron chi connectivity index (χ4n) is 4.50.